The van der Waals surface area contributed by atoms with Crippen LogP contribution in [0.25, 0.3) is 17.4 Å². The number of carbonyl (C=O) groups excluding carboxylic acids is 1. The minimum absolute atomic E-state index is 0.209. The molecule has 7 heteroatoms. The van der Waals surface area contributed by atoms with E-state index in [1.165, 1.54) is 11.8 Å². The van der Waals surface area contributed by atoms with Crippen LogP contribution in [0, 0.1) is 6.92 Å². The topological polar surface area (TPSA) is 63.8 Å². The van der Waals surface area contributed by atoms with Gasteiger partial charge in [-0.1, -0.05) is 17.7 Å². The Morgan fingerprint density at radius 3 is 2.69 bits per heavy atom. The van der Waals surface area contributed by atoms with Crippen LogP contribution >= 0.6 is 23.4 Å². The van der Waals surface area contributed by atoms with Gasteiger partial charge in [0.25, 0.3) is 5.91 Å². The van der Waals surface area contributed by atoms with Crippen LogP contribution in [0.3, 0.4) is 0 Å². The summed E-state index contributed by atoms with van der Waals surface area (Å²) >= 11 is 7.37. The second-order valence-electron chi connectivity index (χ2n) is 6.34. The van der Waals surface area contributed by atoms with Gasteiger partial charge in [-0.25, -0.2) is 4.99 Å². The first-order valence-electron chi connectivity index (χ1n) is 8.82. The van der Waals surface area contributed by atoms with Crippen LogP contribution in [0.4, 0.5) is 5.69 Å². The number of rotatable bonds is 4. The molecule has 2 heterocycles. The third kappa shape index (κ3) is 4.39. The van der Waals surface area contributed by atoms with Crippen molar-refractivity contribution in [2.75, 3.05) is 7.11 Å². The van der Waals surface area contributed by atoms with E-state index >= 15 is 0 Å². The first-order chi connectivity index (χ1) is 14.0. The number of nitrogens with one attached hydrogen (secondary N) is 1. The van der Waals surface area contributed by atoms with Gasteiger partial charge in [0.1, 0.15) is 17.3 Å². The molecule has 5 nitrogen and oxygen atoms in total. The molecule has 0 spiro atoms. The zero-order chi connectivity index (χ0) is 20.4. The number of hydrogen-bond acceptors (Lipinski definition) is 5. The molecule has 1 amide bonds. The summed E-state index contributed by atoms with van der Waals surface area (Å²) in [6.07, 6.45) is 1.71. The second kappa shape index (κ2) is 8.19. The number of ether oxygens (including phenoxy) is 1. The fourth-order valence-electron chi connectivity index (χ4n) is 2.82. The van der Waals surface area contributed by atoms with E-state index in [-0.39, 0.29) is 5.91 Å². The highest BCUT2D eigenvalue weighted by Gasteiger charge is 2.24. The van der Waals surface area contributed by atoms with Gasteiger partial charge in [-0.3, -0.25) is 4.79 Å². The summed E-state index contributed by atoms with van der Waals surface area (Å²) in [6, 6.07) is 16.6. The van der Waals surface area contributed by atoms with Crippen molar-refractivity contribution in [1.82, 2.24) is 5.32 Å². The number of nitrogens with zero attached hydrogens (tertiary/aromatic N) is 1. The lowest BCUT2D eigenvalue weighted by Gasteiger charge is -2.02. The van der Waals surface area contributed by atoms with Gasteiger partial charge < -0.3 is 14.5 Å². The molecule has 1 saturated heterocycles. The van der Waals surface area contributed by atoms with E-state index in [9.17, 15) is 4.79 Å². The number of amides is 1. The first-order valence-corrected chi connectivity index (χ1v) is 10.0. The first kappa shape index (κ1) is 19.4. The molecule has 1 aromatic heterocycles. The number of furan rings is 1. The highest BCUT2D eigenvalue weighted by Crippen LogP contribution is 2.32. The van der Waals surface area contributed by atoms with Crippen LogP contribution in [0.1, 0.15) is 11.3 Å². The molecular weight excluding hydrogens is 408 g/mol. The Hall–Kier alpha value is -2.96. The number of thioether (sulfide) groups is 1. The van der Waals surface area contributed by atoms with Crippen molar-refractivity contribution in [3.63, 3.8) is 0 Å². The monoisotopic (exact) mass is 424 g/mol. The maximum absolute atomic E-state index is 12.3. The van der Waals surface area contributed by atoms with Crippen LogP contribution in [0.2, 0.25) is 5.02 Å². The zero-order valence-corrected chi connectivity index (χ0v) is 17.3. The Morgan fingerprint density at radius 2 is 1.93 bits per heavy atom. The number of hydrogen-bond donors (Lipinski definition) is 1. The van der Waals surface area contributed by atoms with E-state index in [1.54, 1.807) is 13.2 Å². The average Bonchev–Trinajstić information content (AvgIpc) is 3.31. The molecule has 2 aromatic carbocycles. The minimum atomic E-state index is -0.209. The van der Waals surface area contributed by atoms with Crippen molar-refractivity contribution in [3.05, 3.63) is 75.8 Å². The van der Waals surface area contributed by atoms with Gasteiger partial charge in [0.2, 0.25) is 0 Å². The molecule has 1 aliphatic heterocycles. The third-order valence-electron chi connectivity index (χ3n) is 4.32. The van der Waals surface area contributed by atoms with Crippen LogP contribution in [0.15, 0.2) is 68.9 Å². The van der Waals surface area contributed by atoms with Crippen molar-refractivity contribution in [2.45, 2.75) is 6.92 Å². The number of aliphatic imine (C=N–C) groups is 1. The van der Waals surface area contributed by atoms with Gasteiger partial charge in [-0.15, -0.1) is 0 Å². The van der Waals surface area contributed by atoms with Gasteiger partial charge in [0, 0.05) is 16.7 Å². The van der Waals surface area contributed by atoms with Crippen molar-refractivity contribution in [2.24, 2.45) is 4.99 Å². The highest BCUT2D eigenvalue weighted by atomic mass is 35.5. The van der Waals surface area contributed by atoms with Crippen LogP contribution in [-0.2, 0) is 4.79 Å². The molecular formula is C22H17ClN2O3S. The number of benzene rings is 2. The molecule has 0 radical (unpaired) electrons. The maximum Gasteiger partial charge on any atom is 0.264 e. The Labute approximate surface area is 177 Å². The van der Waals surface area contributed by atoms with Crippen molar-refractivity contribution in [1.29, 1.82) is 0 Å². The minimum Gasteiger partial charge on any atom is -0.497 e. The Kier molecular flexibility index (Phi) is 5.47. The van der Waals surface area contributed by atoms with E-state index in [2.05, 4.69) is 10.3 Å². The third-order valence-corrected chi connectivity index (χ3v) is 5.46. The molecule has 4 rings (SSSR count). The summed E-state index contributed by atoms with van der Waals surface area (Å²) in [5.41, 5.74) is 2.71. The smallest absolute Gasteiger partial charge is 0.264 e. The summed E-state index contributed by atoms with van der Waals surface area (Å²) in [5.74, 6) is 1.83. The summed E-state index contributed by atoms with van der Waals surface area (Å²) in [4.78, 5) is 17.3. The SMILES string of the molecule is COc1ccc(N=C2NC(=O)/C(=C\c3ccc(-c4cc(Cl)ccc4C)o3)S2)cc1. The quantitative estimate of drug-likeness (QED) is 0.537. The lowest BCUT2D eigenvalue weighted by Crippen LogP contribution is -2.19. The summed E-state index contributed by atoms with van der Waals surface area (Å²) in [5, 5.41) is 3.93. The fourth-order valence-corrected chi connectivity index (χ4v) is 3.81. The largest absolute Gasteiger partial charge is 0.497 e. The lowest BCUT2D eigenvalue weighted by molar-refractivity contribution is -0.115. The summed E-state index contributed by atoms with van der Waals surface area (Å²) < 4.78 is 11.0. The molecule has 0 atom stereocenters. The van der Waals surface area contributed by atoms with Gasteiger partial charge in [-0.05, 0) is 72.8 Å². The molecule has 0 unspecified atom stereocenters. The standard InChI is InChI=1S/C22H17ClN2O3S/c1-13-3-4-14(23)11-18(13)19-10-9-17(28-19)12-20-21(26)25-22(29-20)24-15-5-7-16(27-2)8-6-15/h3-12H,1-2H3,(H,24,25,26)/b20-12+. The number of amidine groups is 1. The van der Waals surface area contributed by atoms with Gasteiger partial charge >= 0.3 is 0 Å². The normalized spacial score (nSPS) is 16.4. The van der Waals surface area contributed by atoms with Crippen LogP contribution < -0.4 is 10.1 Å². The summed E-state index contributed by atoms with van der Waals surface area (Å²) in [7, 11) is 1.61. The lowest BCUT2D eigenvalue weighted by atomic mass is 10.1. The highest BCUT2D eigenvalue weighted by molar-refractivity contribution is 8.18. The molecule has 1 aliphatic rings. The van der Waals surface area contributed by atoms with Crippen molar-refractivity contribution >= 4 is 46.2 Å². The maximum atomic E-state index is 12.3. The van der Waals surface area contributed by atoms with Gasteiger partial charge in [0.15, 0.2) is 5.17 Å². The zero-order valence-electron chi connectivity index (χ0n) is 15.7. The van der Waals surface area contributed by atoms with Crippen LogP contribution in [0.5, 0.6) is 5.75 Å². The Morgan fingerprint density at radius 1 is 1.14 bits per heavy atom. The van der Waals surface area contributed by atoms with Crippen LogP contribution in [-0.4, -0.2) is 18.2 Å². The number of methoxy groups -OCH3 is 1. The number of halogens is 1. The summed E-state index contributed by atoms with van der Waals surface area (Å²) in [6.45, 7) is 1.99. The Bertz CT molecular complexity index is 1130. The van der Waals surface area contributed by atoms with E-state index in [0.29, 0.717) is 26.6 Å². The predicted molar refractivity (Wildman–Crippen MR) is 118 cm³/mol. The van der Waals surface area contributed by atoms with E-state index in [1.807, 2.05) is 61.5 Å². The molecule has 3 aromatic rings. The van der Waals surface area contributed by atoms with E-state index in [4.69, 9.17) is 20.8 Å². The average molecular weight is 425 g/mol. The van der Waals surface area contributed by atoms with Crippen molar-refractivity contribution < 1.29 is 13.9 Å². The molecule has 29 heavy (non-hydrogen) atoms. The van der Waals surface area contributed by atoms with Gasteiger partial charge in [-0.2, -0.15) is 0 Å². The fraction of sp³-hybridized carbons (Fsp3) is 0.0909. The molecule has 0 saturated carbocycles. The molecule has 0 aliphatic carbocycles. The Balaban J connectivity index is 1.54. The number of carbonyl (C=O) groups is 1. The molecule has 146 valence electrons. The predicted octanol–water partition coefficient (Wildman–Crippen LogP) is 5.81. The molecule has 0 bridgehead atoms. The second-order valence-corrected chi connectivity index (χ2v) is 7.81. The molecule has 1 N–H and O–H groups in total. The van der Waals surface area contributed by atoms with E-state index in [0.717, 1.165) is 22.6 Å². The van der Waals surface area contributed by atoms with Crippen molar-refractivity contribution in [3.8, 4) is 17.1 Å². The van der Waals surface area contributed by atoms with E-state index < -0.39 is 0 Å². The molecule has 1 fully saturated rings. The van der Waals surface area contributed by atoms with Gasteiger partial charge in [0.05, 0.1) is 17.7 Å². The number of aryl methyl sites for hydroxylation is 1.